The third-order valence-electron chi connectivity index (χ3n) is 3.61. The van der Waals surface area contributed by atoms with Crippen molar-refractivity contribution in [1.29, 1.82) is 0 Å². The summed E-state index contributed by atoms with van der Waals surface area (Å²) in [4.78, 5) is -1.40. The largest absolute Gasteiger partial charge is 0.354 e. The molecule has 5 nitrogen and oxygen atoms in total. The number of aromatic nitrogens is 1. The summed E-state index contributed by atoms with van der Waals surface area (Å²) < 4.78 is 95.1. The van der Waals surface area contributed by atoms with Crippen molar-refractivity contribution >= 4 is 10.0 Å². The Morgan fingerprint density at radius 2 is 1.52 bits per heavy atom. The molecular weight excluding hydrogens is 395 g/mol. The van der Waals surface area contributed by atoms with E-state index in [-0.39, 0.29) is 11.3 Å². The minimum atomic E-state index is -4.72. The first kappa shape index (κ1) is 19.0. The average molecular weight is 404 g/mol. The van der Waals surface area contributed by atoms with Gasteiger partial charge in [0, 0.05) is 5.56 Å². The van der Waals surface area contributed by atoms with Gasteiger partial charge in [-0.3, -0.25) is 0 Å². The molecule has 0 aliphatic heterocycles. The van der Waals surface area contributed by atoms with Crippen molar-refractivity contribution in [2.24, 2.45) is 5.14 Å². The number of alkyl halides is 2. The monoisotopic (exact) mass is 404 g/mol. The first-order valence-electron chi connectivity index (χ1n) is 7.15. The number of rotatable bonds is 4. The molecule has 1 heterocycles. The third kappa shape index (κ3) is 3.55. The van der Waals surface area contributed by atoms with Crippen LogP contribution in [0.15, 0.2) is 45.8 Å². The van der Waals surface area contributed by atoms with Crippen molar-refractivity contribution in [3.05, 3.63) is 59.6 Å². The second kappa shape index (κ2) is 6.74. The fourth-order valence-corrected chi connectivity index (χ4v) is 3.17. The van der Waals surface area contributed by atoms with Gasteiger partial charge in [-0.1, -0.05) is 5.16 Å². The molecule has 0 amide bonds. The summed E-state index contributed by atoms with van der Waals surface area (Å²) in [6.45, 7) is 0. The van der Waals surface area contributed by atoms with Crippen LogP contribution >= 0.6 is 0 Å². The van der Waals surface area contributed by atoms with Gasteiger partial charge >= 0.3 is 0 Å². The zero-order chi connectivity index (χ0) is 19.9. The highest BCUT2D eigenvalue weighted by molar-refractivity contribution is 7.89. The van der Waals surface area contributed by atoms with Crippen molar-refractivity contribution in [3.63, 3.8) is 0 Å². The van der Waals surface area contributed by atoms with Crippen LogP contribution in [0.25, 0.3) is 22.4 Å². The zero-order valence-electron chi connectivity index (χ0n) is 13.1. The van der Waals surface area contributed by atoms with Gasteiger partial charge in [0.2, 0.25) is 15.8 Å². The van der Waals surface area contributed by atoms with Crippen molar-refractivity contribution in [3.8, 4) is 22.4 Å². The zero-order valence-corrected chi connectivity index (χ0v) is 13.9. The lowest BCUT2D eigenvalue weighted by atomic mass is 9.99. The first-order chi connectivity index (χ1) is 12.6. The van der Waals surface area contributed by atoms with Gasteiger partial charge in [-0.15, -0.1) is 0 Å². The van der Waals surface area contributed by atoms with E-state index in [0.717, 1.165) is 12.1 Å². The van der Waals surface area contributed by atoms with Crippen LogP contribution in [0.2, 0.25) is 0 Å². The van der Waals surface area contributed by atoms with E-state index in [1.807, 2.05) is 0 Å². The van der Waals surface area contributed by atoms with E-state index in [1.54, 1.807) is 0 Å². The van der Waals surface area contributed by atoms with Crippen LogP contribution in [0, 0.1) is 17.5 Å². The fraction of sp³-hybridized carbons (Fsp3) is 0.0625. The molecule has 0 spiro atoms. The number of hydrogen-bond donors (Lipinski definition) is 1. The number of benzene rings is 2. The normalized spacial score (nSPS) is 12.0. The van der Waals surface area contributed by atoms with Crippen molar-refractivity contribution in [2.75, 3.05) is 0 Å². The maximum atomic E-state index is 14.1. The van der Waals surface area contributed by atoms with Gasteiger partial charge in [-0.05, 0) is 42.0 Å². The molecule has 0 bridgehead atoms. The van der Waals surface area contributed by atoms with Gasteiger partial charge in [-0.2, -0.15) is 0 Å². The minimum Gasteiger partial charge on any atom is -0.354 e. The molecule has 0 saturated carbocycles. The lowest BCUT2D eigenvalue weighted by Crippen LogP contribution is -2.16. The maximum Gasteiger partial charge on any atom is 0.298 e. The summed E-state index contributed by atoms with van der Waals surface area (Å²) >= 11 is 0. The molecule has 0 saturated heterocycles. The first-order valence-corrected chi connectivity index (χ1v) is 8.70. The van der Waals surface area contributed by atoms with E-state index in [9.17, 15) is 30.4 Å². The second-order valence-electron chi connectivity index (χ2n) is 5.39. The number of sulfonamides is 1. The van der Waals surface area contributed by atoms with E-state index in [2.05, 4.69) is 9.68 Å². The molecule has 1 aromatic heterocycles. The predicted molar refractivity (Wildman–Crippen MR) is 83.6 cm³/mol. The third-order valence-corrected chi connectivity index (χ3v) is 4.56. The Kier molecular flexibility index (Phi) is 4.74. The molecule has 0 aliphatic rings. The van der Waals surface area contributed by atoms with Crippen LogP contribution in [-0.2, 0) is 10.0 Å². The molecule has 0 fully saturated rings. The standard InChI is InChI=1S/C16H9F5N2O3S/c17-9-3-1-7(2-4-9)13-12(14(16(20)21)26-23-13)8-5-10(18)15(11(19)6-8)27(22,24)25/h1-6,16H,(H2,22,24,25). The second-order valence-corrected chi connectivity index (χ2v) is 6.89. The molecule has 0 radical (unpaired) electrons. The number of hydrogen-bond acceptors (Lipinski definition) is 4. The van der Waals surface area contributed by atoms with Gasteiger partial charge in [0.1, 0.15) is 23.1 Å². The fourth-order valence-electron chi connectivity index (χ4n) is 2.51. The van der Waals surface area contributed by atoms with Crippen LogP contribution in [-0.4, -0.2) is 13.6 Å². The predicted octanol–water partition coefficient (Wildman–Crippen LogP) is 4.01. The van der Waals surface area contributed by atoms with E-state index in [1.165, 1.54) is 12.1 Å². The van der Waals surface area contributed by atoms with E-state index in [4.69, 9.17) is 5.14 Å². The topological polar surface area (TPSA) is 86.2 Å². The van der Waals surface area contributed by atoms with Crippen molar-refractivity contribution < 1.29 is 34.9 Å². The van der Waals surface area contributed by atoms with Gasteiger partial charge in [0.25, 0.3) is 6.43 Å². The molecule has 0 unspecified atom stereocenters. The SMILES string of the molecule is NS(=O)(=O)c1c(F)cc(-c2c(-c3ccc(F)cc3)noc2C(F)F)cc1F. The Hall–Kier alpha value is -2.79. The van der Waals surface area contributed by atoms with Gasteiger partial charge in [0.15, 0.2) is 4.90 Å². The molecule has 11 heteroatoms. The summed E-state index contributed by atoms with van der Waals surface area (Å²) in [5, 5.41) is 8.23. The van der Waals surface area contributed by atoms with E-state index in [0.29, 0.717) is 12.1 Å². The Morgan fingerprint density at radius 1 is 0.963 bits per heavy atom. The summed E-state index contributed by atoms with van der Waals surface area (Å²) in [6, 6.07) is 5.51. The van der Waals surface area contributed by atoms with Gasteiger partial charge < -0.3 is 4.52 Å². The number of halogens is 5. The highest BCUT2D eigenvalue weighted by Crippen LogP contribution is 2.40. The van der Waals surface area contributed by atoms with E-state index >= 15 is 0 Å². The van der Waals surface area contributed by atoms with Crippen molar-refractivity contribution in [1.82, 2.24) is 5.16 Å². The maximum absolute atomic E-state index is 14.1. The molecule has 0 aliphatic carbocycles. The summed E-state index contributed by atoms with van der Waals surface area (Å²) in [7, 11) is -4.72. The molecule has 3 aromatic rings. The molecule has 2 aromatic carbocycles. The highest BCUT2D eigenvalue weighted by atomic mass is 32.2. The lowest BCUT2D eigenvalue weighted by Gasteiger charge is -2.08. The molecule has 27 heavy (non-hydrogen) atoms. The van der Waals surface area contributed by atoms with Gasteiger partial charge in [0.05, 0.1) is 5.56 Å². The summed E-state index contributed by atoms with van der Waals surface area (Å²) in [5.41, 5.74) is -1.01. The number of primary sulfonamides is 1. The summed E-state index contributed by atoms with van der Waals surface area (Å²) in [5.74, 6) is -4.73. The van der Waals surface area contributed by atoms with Crippen LogP contribution in [0.4, 0.5) is 22.0 Å². The molecule has 142 valence electrons. The van der Waals surface area contributed by atoms with Crippen LogP contribution in [0.3, 0.4) is 0 Å². The lowest BCUT2D eigenvalue weighted by molar-refractivity contribution is 0.113. The quantitative estimate of drug-likeness (QED) is 0.666. The van der Waals surface area contributed by atoms with Crippen LogP contribution < -0.4 is 5.14 Å². The van der Waals surface area contributed by atoms with Crippen molar-refractivity contribution in [2.45, 2.75) is 11.3 Å². The Bertz CT molecular complexity index is 1090. The Labute approximate surface area is 149 Å². The van der Waals surface area contributed by atoms with Crippen LogP contribution in [0.1, 0.15) is 12.2 Å². The molecule has 2 N–H and O–H groups in total. The Morgan fingerprint density at radius 3 is 2.00 bits per heavy atom. The summed E-state index contributed by atoms with van der Waals surface area (Å²) in [6.07, 6.45) is -3.19. The van der Waals surface area contributed by atoms with Gasteiger partial charge in [-0.25, -0.2) is 35.5 Å². The number of nitrogens with two attached hydrogens (primary N) is 1. The van der Waals surface area contributed by atoms with Crippen LogP contribution in [0.5, 0.6) is 0 Å². The Balaban J connectivity index is 2.28. The average Bonchev–Trinajstić information content (AvgIpc) is 2.98. The molecule has 3 rings (SSSR count). The highest BCUT2D eigenvalue weighted by Gasteiger charge is 2.29. The minimum absolute atomic E-state index is 0.137. The molecular formula is C16H9F5N2O3S. The smallest absolute Gasteiger partial charge is 0.298 e. The van der Waals surface area contributed by atoms with E-state index < -0.39 is 55.7 Å². The number of nitrogens with zero attached hydrogens (tertiary/aromatic N) is 1. The molecule has 0 atom stereocenters.